The molecule has 4 rings (SSSR count). The number of aromatic nitrogens is 2. The predicted octanol–water partition coefficient (Wildman–Crippen LogP) is 5.40. The number of allylic oxidation sites excluding steroid dienone is 1. The van der Waals surface area contributed by atoms with E-state index >= 15 is 4.39 Å². The molecule has 1 atom stereocenters. The second kappa shape index (κ2) is 14.6. The minimum atomic E-state index is -4.83. The molecule has 45 heavy (non-hydrogen) atoms. The van der Waals surface area contributed by atoms with E-state index in [4.69, 9.17) is 5.73 Å². The van der Waals surface area contributed by atoms with Gasteiger partial charge >= 0.3 is 16.6 Å². The number of hydrogen-bond donors (Lipinski definition) is 5. The highest BCUT2D eigenvalue weighted by molar-refractivity contribution is 7.95. The SMILES string of the molecule is CC(C)(O)CN=C/C(=C\N)c1nc(Nc2ccc([S+](=O)(O)NC3CCN(CC4CCCCC4)CC3)cc2F)ncc1C(F)(F)F. The molecular weight excluding hydrogens is 614 g/mol. The van der Waals surface area contributed by atoms with E-state index < -0.39 is 39.3 Å². The van der Waals surface area contributed by atoms with Gasteiger partial charge in [0.25, 0.3) is 0 Å². The Morgan fingerprint density at radius 3 is 2.47 bits per heavy atom. The van der Waals surface area contributed by atoms with Crippen molar-refractivity contribution in [2.75, 3.05) is 31.5 Å². The van der Waals surface area contributed by atoms with E-state index in [1.807, 2.05) is 0 Å². The number of alkyl halides is 3. The average Bonchev–Trinajstić information content (AvgIpc) is 2.96. The van der Waals surface area contributed by atoms with Crippen LogP contribution in [0, 0.1) is 11.7 Å². The van der Waals surface area contributed by atoms with E-state index in [9.17, 15) is 27.0 Å². The maximum atomic E-state index is 15.1. The minimum Gasteiger partial charge on any atom is -0.404 e. The largest absolute Gasteiger partial charge is 0.419 e. The summed E-state index contributed by atoms with van der Waals surface area (Å²) in [6.07, 6.45) is 5.43. The van der Waals surface area contributed by atoms with E-state index in [0.29, 0.717) is 19.0 Å². The minimum absolute atomic E-state index is 0.109. The number of likely N-dealkylation sites (tertiary alicyclic amines) is 1. The van der Waals surface area contributed by atoms with Gasteiger partial charge in [-0.2, -0.15) is 17.7 Å². The van der Waals surface area contributed by atoms with Crippen LogP contribution in [0.15, 0.2) is 40.5 Å². The van der Waals surface area contributed by atoms with Gasteiger partial charge in [-0.1, -0.05) is 19.3 Å². The molecule has 2 fully saturated rings. The van der Waals surface area contributed by atoms with Crippen molar-refractivity contribution in [2.24, 2.45) is 16.6 Å². The van der Waals surface area contributed by atoms with Crippen LogP contribution in [-0.4, -0.2) is 68.6 Å². The number of aliphatic imine (C=N–C) groups is 1. The van der Waals surface area contributed by atoms with Gasteiger partial charge in [0.2, 0.25) is 10.8 Å². The van der Waals surface area contributed by atoms with Crippen LogP contribution in [0.1, 0.15) is 70.1 Å². The van der Waals surface area contributed by atoms with Crippen LogP contribution in [0.25, 0.3) is 5.57 Å². The summed E-state index contributed by atoms with van der Waals surface area (Å²) in [6.45, 7) is 5.56. The Labute approximate surface area is 262 Å². The van der Waals surface area contributed by atoms with Gasteiger partial charge in [0, 0.05) is 42.9 Å². The molecule has 1 unspecified atom stereocenters. The van der Waals surface area contributed by atoms with Crippen molar-refractivity contribution in [3.05, 3.63) is 47.7 Å². The summed E-state index contributed by atoms with van der Waals surface area (Å²) >= 11 is 0. The number of anilines is 2. The Hall–Kier alpha value is -2.98. The van der Waals surface area contributed by atoms with Crippen molar-refractivity contribution in [3.8, 4) is 0 Å². The molecule has 2 aliphatic rings. The number of hydrogen-bond acceptors (Lipinski definition) is 8. The number of nitrogens with zero attached hydrogens (tertiary/aromatic N) is 4. The fourth-order valence-electron chi connectivity index (χ4n) is 5.57. The smallest absolute Gasteiger partial charge is 0.404 e. The second-order valence-electron chi connectivity index (χ2n) is 12.3. The van der Waals surface area contributed by atoms with E-state index in [2.05, 4.69) is 29.9 Å². The number of piperidine rings is 1. The fraction of sp³-hybridized carbons (Fsp3) is 0.567. The van der Waals surface area contributed by atoms with Gasteiger partial charge in [0.15, 0.2) is 5.82 Å². The molecule has 10 nitrogen and oxygen atoms in total. The zero-order valence-corrected chi connectivity index (χ0v) is 26.3. The van der Waals surface area contributed by atoms with Crippen molar-refractivity contribution < 1.29 is 31.4 Å². The maximum Gasteiger partial charge on any atom is 0.419 e. The van der Waals surface area contributed by atoms with Crippen LogP contribution in [0.3, 0.4) is 0 Å². The molecule has 1 saturated carbocycles. The topological polar surface area (TPSA) is 149 Å². The van der Waals surface area contributed by atoms with Gasteiger partial charge in [0.05, 0.1) is 29.6 Å². The van der Waals surface area contributed by atoms with Crippen LogP contribution in [0.4, 0.5) is 29.2 Å². The summed E-state index contributed by atoms with van der Waals surface area (Å²) < 4.78 is 83.1. The summed E-state index contributed by atoms with van der Waals surface area (Å²) in [4.78, 5) is 13.8. The van der Waals surface area contributed by atoms with Gasteiger partial charge in [0.1, 0.15) is 5.56 Å². The number of halogens is 4. The van der Waals surface area contributed by atoms with Crippen LogP contribution in [-0.2, 0) is 20.8 Å². The predicted molar refractivity (Wildman–Crippen MR) is 167 cm³/mol. The van der Waals surface area contributed by atoms with E-state index in [1.54, 1.807) is 0 Å². The van der Waals surface area contributed by atoms with Crippen LogP contribution >= 0.6 is 0 Å². The Balaban J connectivity index is 1.44. The third-order valence-electron chi connectivity index (χ3n) is 7.92. The zero-order valence-electron chi connectivity index (χ0n) is 25.5. The van der Waals surface area contributed by atoms with Crippen molar-refractivity contribution in [2.45, 2.75) is 81.5 Å². The maximum absolute atomic E-state index is 15.1. The number of nitrogens with one attached hydrogen (secondary N) is 2. The van der Waals surface area contributed by atoms with E-state index in [1.165, 1.54) is 58.1 Å². The quantitative estimate of drug-likeness (QED) is 0.123. The number of nitrogens with two attached hydrogens (primary N) is 1. The summed E-state index contributed by atoms with van der Waals surface area (Å²) in [5.74, 6) is -0.579. The summed E-state index contributed by atoms with van der Waals surface area (Å²) in [5, 5.41) is 12.4. The van der Waals surface area contributed by atoms with Gasteiger partial charge in [-0.05, 0) is 68.8 Å². The third-order valence-corrected chi connectivity index (χ3v) is 9.46. The van der Waals surface area contributed by atoms with Crippen LogP contribution in [0.5, 0.6) is 0 Å². The molecule has 0 bridgehead atoms. The molecule has 6 N–H and O–H groups in total. The van der Waals surface area contributed by atoms with E-state index in [0.717, 1.165) is 44.0 Å². The summed E-state index contributed by atoms with van der Waals surface area (Å²) in [7, 11) is -3.78. The normalized spacial score (nSPS) is 19.6. The van der Waals surface area contributed by atoms with Gasteiger partial charge in [-0.3, -0.25) is 4.99 Å². The molecule has 2 aromatic rings. The summed E-state index contributed by atoms with van der Waals surface area (Å²) in [6, 6.07) is 3.15. The molecule has 0 spiro atoms. The fourth-order valence-corrected chi connectivity index (χ4v) is 6.91. The first-order chi connectivity index (χ1) is 21.1. The average molecular weight is 657 g/mol. The molecule has 1 aromatic heterocycles. The van der Waals surface area contributed by atoms with Crippen LogP contribution in [0.2, 0.25) is 0 Å². The molecule has 0 amide bonds. The monoisotopic (exact) mass is 656 g/mol. The van der Waals surface area contributed by atoms with Crippen molar-refractivity contribution >= 4 is 33.8 Å². The van der Waals surface area contributed by atoms with Crippen molar-refractivity contribution in [1.82, 2.24) is 19.6 Å². The highest BCUT2D eigenvalue weighted by Gasteiger charge is 2.37. The molecule has 1 saturated heterocycles. The van der Waals surface area contributed by atoms with Gasteiger partial charge in [-0.15, -0.1) is 4.72 Å². The number of benzene rings is 1. The van der Waals surface area contributed by atoms with E-state index in [-0.39, 0.29) is 34.7 Å². The van der Waals surface area contributed by atoms with Gasteiger partial charge in [-0.25, -0.2) is 14.4 Å². The Kier molecular flexibility index (Phi) is 11.3. The number of aliphatic hydroxyl groups is 1. The van der Waals surface area contributed by atoms with Crippen LogP contribution < -0.4 is 15.8 Å². The van der Waals surface area contributed by atoms with Crippen molar-refractivity contribution in [1.29, 1.82) is 0 Å². The Bertz CT molecular complexity index is 1420. The molecule has 1 aliphatic heterocycles. The standard InChI is InChI=1S/C30H41F4N7O3S/c1-29(2,42)19-36-16-21(15-35)27-24(30(32,33)34)17-37-28(39-27)38-26-9-8-23(14-25(26)31)45(43,44)40-22-10-12-41(13-11-22)18-20-6-4-3-5-7-20/h8-9,14-17,20,22,42H,3-7,10-13,18-19,35H2,1-2H3,(H2-,37,38,39,40,43,44)/p+1/b21-15+,36-16?. The lowest BCUT2D eigenvalue weighted by Gasteiger charge is -2.34. The molecular formula is C30H42F4N7O3S+. The highest BCUT2D eigenvalue weighted by Crippen LogP contribution is 2.34. The first-order valence-electron chi connectivity index (χ1n) is 15.1. The van der Waals surface area contributed by atoms with Crippen molar-refractivity contribution in [3.63, 3.8) is 0 Å². The molecule has 0 radical (unpaired) electrons. The van der Waals surface area contributed by atoms with Gasteiger partial charge < -0.3 is 21.1 Å². The Morgan fingerprint density at radius 1 is 1.18 bits per heavy atom. The highest BCUT2D eigenvalue weighted by atomic mass is 32.3. The number of rotatable bonds is 11. The summed E-state index contributed by atoms with van der Waals surface area (Å²) in [5.41, 5.74) is 2.16. The Morgan fingerprint density at radius 2 is 1.87 bits per heavy atom. The lowest BCUT2D eigenvalue weighted by atomic mass is 9.88. The third kappa shape index (κ3) is 10.0. The molecule has 1 aliphatic carbocycles. The lowest BCUT2D eigenvalue weighted by molar-refractivity contribution is -0.138. The molecule has 15 heteroatoms. The first-order valence-corrected chi connectivity index (χ1v) is 16.6. The lowest BCUT2D eigenvalue weighted by Crippen LogP contribution is -2.47. The molecule has 1 aromatic carbocycles. The molecule has 248 valence electrons. The zero-order chi connectivity index (χ0) is 32.8. The first kappa shape index (κ1) is 34.9. The second-order valence-corrected chi connectivity index (χ2v) is 14.1. The molecule has 2 heterocycles.